The highest BCUT2D eigenvalue weighted by Gasteiger charge is 2.14. The molecule has 94 valence electrons. The summed E-state index contributed by atoms with van der Waals surface area (Å²) in [6, 6.07) is 4.08. The molecule has 1 aliphatic rings. The predicted molar refractivity (Wildman–Crippen MR) is 70.5 cm³/mol. The minimum Gasteiger partial charge on any atom is -0.490 e. The van der Waals surface area contributed by atoms with Crippen molar-refractivity contribution in [2.24, 2.45) is 0 Å². The maximum Gasteiger partial charge on any atom is 0.139 e. The van der Waals surface area contributed by atoms with Gasteiger partial charge >= 0.3 is 0 Å². The van der Waals surface area contributed by atoms with Crippen molar-refractivity contribution >= 4 is 16.7 Å². The van der Waals surface area contributed by atoms with Crippen LogP contribution in [0.5, 0.6) is 5.75 Å². The third-order valence-corrected chi connectivity index (χ3v) is 3.20. The lowest BCUT2D eigenvalue weighted by atomic mass is 10.2. The molecular formula is C13H16N4O. The summed E-state index contributed by atoms with van der Waals surface area (Å²) in [6.07, 6.45) is 5.78. The zero-order chi connectivity index (χ0) is 12.4. The molecule has 18 heavy (non-hydrogen) atoms. The molecule has 1 atom stereocenters. The molecule has 1 fully saturated rings. The zero-order valence-corrected chi connectivity index (χ0v) is 10.1. The van der Waals surface area contributed by atoms with Crippen molar-refractivity contribution < 1.29 is 4.74 Å². The highest BCUT2D eigenvalue weighted by Crippen LogP contribution is 2.21. The van der Waals surface area contributed by atoms with E-state index in [1.54, 1.807) is 18.5 Å². The molecule has 0 spiro atoms. The van der Waals surface area contributed by atoms with Crippen LogP contribution >= 0.6 is 0 Å². The van der Waals surface area contributed by atoms with Gasteiger partial charge in [-0.05, 0) is 25.5 Å². The number of rotatable bonds is 3. The van der Waals surface area contributed by atoms with Crippen molar-refractivity contribution in [3.8, 4) is 5.75 Å². The Kier molecular flexibility index (Phi) is 2.98. The fraction of sp³-hybridized carbons (Fsp3) is 0.385. The Morgan fingerprint density at radius 1 is 1.44 bits per heavy atom. The Balaban J connectivity index is 1.76. The molecule has 3 heterocycles. The molecule has 0 bridgehead atoms. The van der Waals surface area contributed by atoms with E-state index in [1.807, 2.05) is 6.07 Å². The molecule has 0 radical (unpaired) electrons. The second kappa shape index (κ2) is 4.78. The number of ether oxygens (including phenoxy) is 1. The first kappa shape index (κ1) is 11.2. The lowest BCUT2D eigenvalue weighted by Gasteiger charge is -2.12. The van der Waals surface area contributed by atoms with Crippen molar-refractivity contribution in [1.29, 1.82) is 0 Å². The molecule has 1 aliphatic heterocycles. The van der Waals surface area contributed by atoms with E-state index in [2.05, 4.69) is 15.3 Å². The normalized spacial score (nSPS) is 19.2. The number of nitrogens with one attached hydrogen (secondary N) is 1. The topological polar surface area (TPSA) is 73.1 Å². The van der Waals surface area contributed by atoms with Crippen LogP contribution in [-0.4, -0.2) is 29.2 Å². The minimum atomic E-state index is 0.453. The smallest absolute Gasteiger partial charge is 0.139 e. The molecule has 2 aromatic rings. The predicted octanol–water partition coefficient (Wildman–Crippen LogP) is 1.34. The summed E-state index contributed by atoms with van der Waals surface area (Å²) in [7, 11) is 0. The lowest BCUT2D eigenvalue weighted by Crippen LogP contribution is -2.28. The Hall–Kier alpha value is -1.88. The standard InChI is InChI=1S/C13H16N4O/c14-11-3-5-16-12-6-10(7-17-13(11)12)18-8-9-2-1-4-15-9/h3,5-7,9,15H,1-2,4,8H2,(H2,14,16). The average Bonchev–Trinajstić information content (AvgIpc) is 2.90. The summed E-state index contributed by atoms with van der Waals surface area (Å²) in [4.78, 5) is 8.54. The Morgan fingerprint density at radius 2 is 2.39 bits per heavy atom. The first-order valence-electron chi connectivity index (χ1n) is 6.19. The van der Waals surface area contributed by atoms with Crippen LogP contribution in [0.15, 0.2) is 24.5 Å². The number of nitrogen functional groups attached to an aromatic ring is 1. The van der Waals surface area contributed by atoms with Gasteiger partial charge < -0.3 is 15.8 Å². The summed E-state index contributed by atoms with van der Waals surface area (Å²) >= 11 is 0. The molecule has 5 nitrogen and oxygen atoms in total. The number of aromatic nitrogens is 2. The monoisotopic (exact) mass is 244 g/mol. The van der Waals surface area contributed by atoms with Crippen molar-refractivity contribution in [1.82, 2.24) is 15.3 Å². The zero-order valence-electron chi connectivity index (χ0n) is 10.1. The molecule has 0 aromatic carbocycles. The summed E-state index contributed by atoms with van der Waals surface area (Å²) in [5.41, 5.74) is 7.97. The number of hydrogen-bond acceptors (Lipinski definition) is 5. The van der Waals surface area contributed by atoms with Gasteiger partial charge in [0, 0.05) is 18.3 Å². The van der Waals surface area contributed by atoms with Crippen molar-refractivity contribution in [2.45, 2.75) is 18.9 Å². The van der Waals surface area contributed by atoms with Gasteiger partial charge in [-0.1, -0.05) is 0 Å². The van der Waals surface area contributed by atoms with Crippen LogP contribution in [0.4, 0.5) is 5.69 Å². The number of pyridine rings is 2. The lowest BCUT2D eigenvalue weighted by molar-refractivity contribution is 0.276. The van der Waals surface area contributed by atoms with E-state index in [0.29, 0.717) is 18.3 Å². The summed E-state index contributed by atoms with van der Waals surface area (Å²) in [5.74, 6) is 0.745. The number of anilines is 1. The molecule has 0 saturated carbocycles. The van der Waals surface area contributed by atoms with E-state index in [0.717, 1.165) is 23.3 Å². The van der Waals surface area contributed by atoms with E-state index in [9.17, 15) is 0 Å². The molecule has 0 aliphatic carbocycles. The molecule has 0 amide bonds. The van der Waals surface area contributed by atoms with Gasteiger partial charge in [-0.3, -0.25) is 4.98 Å². The van der Waals surface area contributed by atoms with Gasteiger partial charge in [0.25, 0.3) is 0 Å². The average molecular weight is 244 g/mol. The van der Waals surface area contributed by atoms with Crippen molar-refractivity contribution in [3.05, 3.63) is 24.5 Å². The molecule has 3 N–H and O–H groups in total. The van der Waals surface area contributed by atoms with Gasteiger partial charge in [0.1, 0.15) is 17.9 Å². The van der Waals surface area contributed by atoms with Crippen LogP contribution in [0, 0.1) is 0 Å². The van der Waals surface area contributed by atoms with Crippen molar-refractivity contribution in [3.63, 3.8) is 0 Å². The Labute approximate surface area is 105 Å². The van der Waals surface area contributed by atoms with Crippen LogP contribution < -0.4 is 15.8 Å². The minimum absolute atomic E-state index is 0.453. The van der Waals surface area contributed by atoms with E-state index in [4.69, 9.17) is 10.5 Å². The number of fused-ring (bicyclic) bond motifs is 1. The molecule has 3 rings (SSSR count). The SMILES string of the molecule is Nc1ccnc2cc(OCC3CCCN3)cnc12. The van der Waals surface area contributed by atoms with E-state index >= 15 is 0 Å². The number of nitrogens with zero attached hydrogens (tertiary/aromatic N) is 2. The van der Waals surface area contributed by atoms with Crippen LogP contribution in [0.1, 0.15) is 12.8 Å². The number of nitrogens with two attached hydrogens (primary N) is 1. The van der Waals surface area contributed by atoms with Crippen LogP contribution in [-0.2, 0) is 0 Å². The summed E-state index contributed by atoms with van der Waals surface area (Å²) < 4.78 is 5.73. The van der Waals surface area contributed by atoms with E-state index < -0.39 is 0 Å². The highest BCUT2D eigenvalue weighted by molar-refractivity contribution is 5.86. The van der Waals surface area contributed by atoms with Gasteiger partial charge in [0.05, 0.1) is 17.4 Å². The largest absolute Gasteiger partial charge is 0.490 e. The van der Waals surface area contributed by atoms with Gasteiger partial charge in [-0.2, -0.15) is 0 Å². The summed E-state index contributed by atoms with van der Waals surface area (Å²) in [5, 5.41) is 3.39. The quantitative estimate of drug-likeness (QED) is 0.852. The highest BCUT2D eigenvalue weighted by atomic mass is 16.5. The maximum absolute atomic E-state index is 5.83. The second-order valence-electron chi connectivity index (χ2n) is 4.54. The third kappa shape index (κ3) is 2.22. The van der Waals surface area contributed by atoms with E-state index in [-0.39, 0.29) is 0 Å². The third-order valence-electron chi connectivity index (χ3n) is 3.20. The fourth-order valence-corrected chi connectivity index (χ4v) is 2.21. The van der Waals surface area contributed by atoms with Gasteiger partial charge in [-0.25, -0.2) is 4.98 Å². The Bertz CT molecular complexity index is 552. The molecule has 1 unspecified atom stereocenters. The van der Waals surface area contributed by atoms with Crippen LogP contribution in [0.25, 0.3) is 11.0 Å². The van der Waals surface area contributed by atoms with Gasteiger partial charge in [0.2, 0.25) is 0 Å². The van der Waals surface area contributed by atoms with Crippen molar-refractivity contribution in [2.75, 3.05) is 18.9 Å². The molecular weight excluding hydrogens is 228 g/mol. The first-order valence-corrected chi connectivity index (χ1v) is 6.19. The van der Waals surface area contributed by atoms with Gasteiger partial charge in [-0.15, -0.1) is 0 Å². The fourth-order valence-electron chi connectivity index (χ4n) is 2.21. The molecule has 2 aromatic heterocycles. The van der Waals surface area contributed by atoms with Gasteiger partial charge in [0.15, 0.2) is 0 Å². The van der Waals surface area contributed by atoms with Crippen LogP contribution in [0.2, 0.25) is 0 Å². The summed E-state index contributed by atoms with van der Waals surface area (Å²) in [6.45, 7) is 1.76. The molecule has 1 saturated heterocycles. The van der Waals surface area contributed by atoms with Crippen LogP contribution in [0.3, 0.4) is 0 Å². The number of hydrogen-bond donors (Lipinski definition) is 2. The Morgan fingerprint density at radius 3 is 3.22 bits per heavy atom. The maximum atomic E-state index is 5.83. The molecule has 5 heteroatoms. The first-order chi connectivity index (χ1) is 8.83. The van der Waals surface area contributed by atoms with E-state index in [1.165, 1.54) is 12.8 Å². The second-order valence-corrected chi connectivity index (χ2v) is 4.54.